The lowest BCUT2D eigenvalue weighted by Gasteiger charge is -2.34. The summed E-state index contributed by atoms with van der Waals surface area (Å²) in [6.45, 7) is 4.62. The van der Waals surface area contributed by atoms with Crippen LogP contribution in [0.15, 0.2) is 24.3 Å². The van der Waals surface area contributed by atoms with Crippen LogP contribution in [-0.4, -0.2) is 0 Å². The summed E-state index contributed by atoms with van der Waals surface area (Å²) in [7, 11) is 0. The van der Waals surface area contributed by atoms with Crippen molar-refractivity contribution in [3.8, 4) is 0 Å². The number of aryl methyl sites for hydroxylation is 1. The van der Waals surface area contributed by atoms with E-state index in [0.717, 1.165) is 23.7 Å². The third-order valence-electron chi connectivity index (χ3n) is 7.38. The van der Waals surface area contributed by atoms with Crippen molar-refractivity contribution in [1.82, 2.24) is 0 Å². The van der Waals surface area contributed by atoms with Crippen LogP contribution in [-0.2, 0) is 12.8 Å². The van der Waals surface area contributed by atoms with Gasteiger partial charge in [0.25, 0.3) is 0 Å². The average Bonchev–Trinajstić information content (AvgIpc) is 2.67. The van der Waals surface area contributed by atoms with Gasteiger partial charge >= 0.3 is 0 Å². The third-order valence-corrected chi connectivity index (χ3v) is 7.38. The molecule has 146 valence electrons. The molecule has 0 bridgehead atoms. The smallest absolute Gasteiger partial charge is 0.0250 e. The van der Waals surface area contributed by atoms with Gasteiger partial charge in [-0.05, 0) is 66.9 Å². The van der Waals surface area contributed by atoms with Gasteiger partial charge in [0.15, 0.2) is 0 Å². The standard InChI is InChI=1S/C26H42/c1-3-5-21-7-11-23(12-8-21)19-25-15-17-26(18-16-25)20-24-13-9-22(6-4-2)10-14-24/h7-8,11-12,22,24-26H,3-6,9-10,13-20H2,1-2H3. The Hall–Kier alpha value is -0.780. The molecule has 0 N–H and O–H groups in total. The highest BCUT2D eigenvalue weighted by Crippen LogP contribution is 2.39. The van der Waals surface area contributed by atoms with Gasteiger partial charge in [0, 0.05) is 0 Å². The number of hydrogen-bond acceptors (Lipinski definition) is 0. The second kappa shape index (κ2) is 10.5. The molecule has 0 aromatic heterocycles. The summed E-state index contributed by atoms with van der Waals surface area (Å²) < 4.78 is 0. The van der Waals surface area contributed by atoms with Gasteiger partial charge < -0.3 is 0 Å². The van der Waals surface area contributed by atoms with Gasteiger partial charge in [-0.25, -0.2) is 0 Å². The predicted octanol–water partition coefficient (Wildman–Crippen LogP) is 7.98. The zero-order valence-electron chi connectivity index (χ0n) is 17.5. The number of rotatable bonds is 8. The first-order valence-electron chi connectivity index (χ1n) is 11.8. The van der Waals surface area contributed by atoms with Crippen molar-refractivity contribution in [3.05, 3.63) is 35.4 Å². The number of benzene rings is 1. The third kappa shape index (κ3) is 6.14. The lowest BCUT2D eigenvalue weighted by molar-refractivity contribution is 0.187. The molecule has 0 radical (unpaired) electrons. The van der Waals surface area contributed by atoms with Crippen molar-refractivity contribution in [2.24, 2.45) is 23.7 Å². The van der Waals surface area contributed by atoms with Crippen molar-refractivity contribution in [2.75, 3.05) is 0 Å². The second-order valence-corrected chi connectivity index (χ2v) is 9.57. The van der Waals surface area contributed by atoms with Crippen LogP contribution >= 0.6 is 0 Å². The molecular weight excluding hydrogens is 312 g/mol. The van der Waals surface area contributed by atoms with Gasteiger partial charge in [0.05, 0.1) is 0 Å². The minimum atomic E-state index is 0.948. The van der Waals surface area contributed by atoms with Crippen molar-refractivity contribution in [2.45, 2.75) is 104 Å². The van der Waals surface area contributed by atoms with Crippen LogP contribution in [0.5, 0.6) is 0 Å². The minimum Gasteiger partial charge on any atom is -0.0654 e. The molecule has 0 heteroatoms. The molecule has 0 heterocycles. The summed E-state index contributed by atoms with van der Waals surface area (Å²) in [6.07, 6.45) is 20.3. The molecule has 2 aliphatic carbocycles. The Morgan fingerprint density at radius 2 is 1.12 bits per heavy atom. The van der Waals surface area contributed by atoms with E-state index in [2.05, 4.69) is 38.1 Å². The summed E-state index contributed by atoms with van der Waals surface area (Å²) in [5.41, 5.74) is 3.08. The monoisotopic (exact) mass is 354 g/mol. The molecule has 0 saturated heterocycles. The maximum absolute atomic E-state index is 2.39. The van der Waals surface area contributed by atoms with E-state index in [1.54, 1.807) is 12.0 Å². The van der Waals surface area contributed by atoms with Gasteiger partial charge in [-0.15, -0.1) is 0 Å². The quantitative estimate of drug-likeness (QED) is 0.444. The van der Waals surface area contributed by atoms with Crippen LogP contribution in [0.1, 0.15) is 102 Å². The van der Waals surface area contributed by atoms with E-state index in [-0.39, 0.29) is 0 Å². The lowest BCUT2D eigenvalue weighted by atomic mass is 9.72. The van der Waals surface area contributed by atoms with Crippen molar-refractivity contribution in [3.63, 3.8) is 0 Å². The largest absolute Gasteiger partial charge is 0.0654 e. The Labute approximate surface area is 163 Å². The van der Waals surface area contributed by atoms with Crippen LogP contribution in [0.4, 0.5) is 0 Å². The molecule has 0 atom stereocenters. The fourth-order valence-electron chi connectivity index (χ4n) is 5.77. The molecule has 1 aromatic rings. The zero-order chi connectivity index (χ0) is 18.2. The van der Waals surface area contributed by atoms with E-state index in [4.69, 9.17) is 0 Å². The Morgan fingerprint density at radius 3 is 1.65 bits per heavy atom. The molecule has 0 nitrogen and oxygen atoms in total. The van der Waals surface area contributed by atoms with E-state index < -0.39 is 0 Å². The normalized spacial score (nSPS) is 29.6. The average molecular weight is 355 g/mol. The topological polar surface area (TPSA) is 0 Å². The fraction of sp³-hybridized carbons (Fsp3) is 0.769. The maximum Gasteiger partial charge on any atom is -0.0250 e. The summed E-state index contributed by atoms with van der Waals surface area (Å²) >= 11 is 0. The SMILES string of the molecule is CCCc1ccc(CC2CCC(CC3CCC(CCC)CC3)CC2)cc1. The molecule has 2 aliphatic rings. The van der Waals surface area contributed by atoms with Crippen molar-refractivity contribution >= 4 is 0 Å². The molecule has 0 unspecified atom stereocenters. The first-order valence-corrected chi connectivity index (χ1v) is 11.8. The van der Waals surface area contributed by atoms with Gasteiger partial charge in [0.2, 0.25) is 0 Å². The molecule has 1 aromatic carbocycles. The molecule has 2 saturated carbocycles. The Kier molecular flexibility index (Phi) is 8.08. The first kappa shape index (κ1) is 20.0. The van der Waals surface area contributed by atoms with E-state index in [1.807, 2.05) is 0 Å². The molecule has 0 amide bonds. The van der Waals surface area contributed by atoms with E-state index >= 15 is 0 Å². The number of hydrogen-bond donors (Lipinski definition) is 0. The first-order chi connectivity index (χ1) is 12.8. The molecule has 2 fully saturated rings. The maximum atomic E-state index is 2.39. The lowest BCUT2D eigenvalue weighted by Crippen LogP contribution is -2.21. The summed E-state index contributed by atoms with van der Waals surface area (Å²) in [5.74, 6) is 4.13. The minimum absolute atomic E-state index is 0.948. The van der Waals surface area contributed by atoms with Crippen LogP contribution in [0.25, 0.3) is 0 Å². The Balaban J connectivity index is 1.35. The molecule has 3 rings (SSSR count). The van der Waals surface area contributed by atoms with E-state index in [1.165, 1.54) is 89.0 Å². The van der Waals surface area contributed by atoms with E-state index in [9.17, 15) is 0 Å². The highest BCUT2D eigenvalue weighted by molar-refractivity contribution is 5.23. The molecular formula is C26H42. The second-order valence-electron chi connectivity index (χ2n) is 9.57. The van der Waals surface area contributed by atoms with Crippen molar-refractivity contribution in [1.29, 1.82) is 0 Å². The van der Waals surface area contributed by atoms with E-state index in [0.29, 0.717) is 0 Å². The zero-order valence-corrected chi connectivity index (χ0v) is 17.5. The fourth-order valence-corrected chi connectivity index (χ4v) is 5.77. The van der Waals surface area contributed by atoms with Crippen LogP contribution in [0.2, 0.25) is 0 Å². The van der Waals surface area contributed by atoms with Crippen LogP contribution in [0, 0.1) is 23.7 Å². The Bertz CT molecular complexity index is 483. The van der Waals surface area contributed by atoms with Gasteiger partial charge in [-0.1, -0.05) is 95.9 Å². The summed E-state index contributed by atoms with van der Waals surface area (Å²) in [4.78, 5) is 0. The molecule has 0 spiro atoms. The highest BCUT2D eigenvalue weighted by Gasteiger charge is 2.26. The van der Waals surface area contributed by atoms with Crippen LogP contribution in [0.3, 0.4) is 0 Å². The highest BCUT2D eigenvalue weighted by atomic mass is 14.3. The van der Waals surface area contributed by atoms with Gasteiger partial charge in [-0.2, -0.15) is 0 Å². The van der Waals surface area contributed by atoms with Gasteiger partial charge in [0.1, 0.15) is 0 Å². The van der Waals surface area contributed by atoms with Crippen LogP contribution < -0.4 is 0 Å². The molecule has 0 aliphatic heterocycles. The van der Waals surface area contributed by atoms with Crippen molar-refractivity contribution < 1.29 is 0 Å². The molecule has 26 heavy (non-hydrogen) atoms. The summed E-state index contributed by atoms with van der Waals surface area (Å²) in [5, 5.41) is 0. The predicted molar refractivity (Wildman–Crippen MR) is 115 cm³/mol. The Morgan fingerprint density at radius 1 is 0.615 bits per heavy atom. The summed E-state index contributed by atoms with van der Waals surface area (Å²) in [6, 6.07) is 9.51. The van der Waals surface area contributed by atoms with Gasteiger partial charge in [-0.3, -0.25) is 0 Å².